The van der Waals surface area contributed by atoms with Crippen molar-refractivity contribution >= 4 is 21.7 Å². The summed E-state index contributed by atoms with van der Waals surface area (Å²) in [7, 11) is 0. The Balaban J connectivity index is 2.16. The number of ketones is 1. The van der Waals surface area contributed by atoms with Crippen LogP contribution in [0.25, 0.3) is 0 Å². The molecular weight excluding hydrogens is 287 g/mol. The van der Waals surface area contributed by atoms with E-state index in [0.29, 0.717) is 10.2 Å². The summed E-state index contributed by atoms with van der Waals surface area (Å²) in [6.07, 6.45) is 3.03. The second-order valence-corrected chi connectivity index (χ2v) is 4.30. The predicted molar refractivity (Wildman–Crippen MR) is 64.2 cm³/mol. The van der Waals surface area contributed by atoms with Gasteiger partial charge in [-0.15, -0.1) is 0 Å². The van der Waals surface area contributed by atoms with E-state index in [2.05, 4.69) is 25.9 Å². The van der Waals surface area contributed by atoms with Crippen molar-refractivity contribution < 1.29 is 9.18 Å². The van der Waals surface area contributed by atoms with Gasteiger partial charge in [-0.1, -0.05) is 6.07 Å². The predicted octanol–water partition coefficient (Wildman–Crippen LogP) is 2.80. The van der Waals surface area contributed by atoms with Crippen molar-refractivity contribution in [1.29, 1.82) is 0 Å². The van der Waals surface area contributed by atoms with Gasteiger partial charge < -0.3 is 0 Å². The molecule has 0 saturated carbocycles. The highest BCUT2D eigenvalue weighted by Gasteiger charge is 2.09. The van der Waals surface area contributed by atoms with Crippen molar-refractivity contribution in [2.24, 2.45) is 0 Å². The van der Waals surface area contributed by atoms with Gasteiger partial charge in [0, 0.05) is 12.6 Å². The third-order valence-corrected chi connectivity index (χ3v) is 2.82. The number of rotatable bonds is 3. The molecule has 0 N–H and O–H groups in total. The SMILES string of the molecule is O=C(Cc1ccc(F)c(Br)c1)c1ccncn1. The van der Waals surface area contributed by atoms with E-state index in [1.165, 1.54) is 18.6 Å². The number of Topliss-reactive ketones (excluding diaryl/α,β-unsaturated/α-hetero) is 1. The van der Waals surface area contributed by atoms with E-state index in [-0.39, 0.29) is 18.0 Å². The first-order valence-corrected chi connectivity index (χ1v) is 5.69. The number of carbonyl (C=O) groups excluding carboxylic acids is 1. The maximum atomic E-state index is 13.0. The van der Waals surface area contributed by atoms with E-state index >= 15 is 0 Å². The number of hydrogen-bond acceptors (Lipinski definition) is 3. The minimum atomic E-state index is -0.344. The van der Waals surface area contributed by atoms with E-state index in [0.717, 1.165) is 5.56 Å². The number of halogens is 2. The van der Waals surface area contributed by atoms with Gasteiger partial charge in [0.1, 0.15) is 17.8 Å². The molecule has 1 aromatic heterocycles. The molecule has 2 aromatic rings. The molecule has 0 unspecified atom stereocenters. The van der Waals surface area contributed by atoms with E-state index in [4.69, 9.17) is 0 Å². The minimum Gasteiger partial charge on any atom is -0.292 e. The first-order valence-electron chi connectivity index (χ1n) is 4.90. The summed E-state index contributed by atoms with van der Waals surface area (Å²) in [4.78, 5) is 19.4. The van der Waals surface area contributed by atoms with Crippen LogP contribution in [0.4, 0.5) is 4.39 Å². The van der Waals surface area contributed by atoms with Gasteiger partial charge in [0.15, 0.2) is 5.78 Å². The maximum absolute atomic E-state index is 13.0. The maximum Gasteiger partial charge on any atom is 0.185 e. The summed E-state index contributed by atoms with van der Waals surface area (Å²) in [6.45, 7) is 0. The lowest BCUT2D eigenvalue weighted by molar-refractivity contribution is 0.0988. The lowest BCUT2D eigenvalue weighted by Gasteiger charge is -2.02. The van der Waals surface area contributed by atoms with Crippen molar-refractivity contribution in [2.45, 2.75) is 6.42 Å². The van der Waals surface area contributed by atoms with Crippen LogP contribution in [0.15, 0.2) is 41.3 Å². The molecule has 0 saturated heterocycles. The Labute approximate surface area is 106 Å². The number of nitrogens with zero attached hydrogens (tertiary/aromatic N) is 2. The van der Waals surface area contributed by atoms with Crippen LogP contribution in [0.1, 0.15) is 16.1 Å². The van der Waals surface area contributed by atoms with Crippen molar-refractivity contribution in [3.05, 3.63) is 58.3 Å². The van der Waals surface area contributed by atoms with Gasteiger partial charge in [-0.3, -0.25) is 4.79 Å². The summed E-state index contributed by atoms with van der Waals surface area (Å²) in [5.41, 5.74) is 1.10. The molecule has 1 heterocycles. The molecule has 0 aliphatic heterocycles. The van der Waals surface area contributed by atoms with E-state index in [1.807, 2.05) is 0 Å². The average molecular weight is 295 g/mol. The van der Waals surface area contributed by atoms with Crippen LogP contribution < -0.4 is 0 Å². The highest BCUT2D eigenvalue weighted by Crippen LogP contribution is 2.17. The molecule has 0 fully saturated rings. The summed E-state index contributed by atoms with van der Waals surface area (Å²) in [5, 5.41) is 0. The molecule has 2 rings (SSSR count). The fraction of sp³-hybridized carbons (Fsp3) is 0.0833. The van der Waals surface area contributed by atoms with E-state index in [9.17, 15) is 9.18 Å². The largest absolute Gasteiger partial charge is 0.292 e. The lowest BCUT2D eigenvalue weighted by atomic mass is 10.1. The summed E-state index contributed by atoms with van der Waals surface area (Å²) >= 11 is 3.08. The van der Waals surface area contributed by atoms with Crippen molar-refractivity contribution in [3.63, 3.8) is 0 Å². The number of aromatic nitrogens is 2. The Morgan fingerprint density at radius 3 is 2.82 bits per heavy atom. The molecule has 0 amide bonds. The molecule has 1 aromatic carbocycles. The molecule has 86 valence electrons. The molecule has 0 aliphatic carbocycles. The molecule has 0 atom stereocenters. The molecule has 0 aliphatic rings. The van der Waals surface area contributed by atoms with Crippen LogP contribution in [-0.2, 0) is 6.42 Å². The topological polar surface area (TPSA) is 42.9 Å². The van der Waals surface area contributed by atoms with Crippen LogP contribution >= 0.6 is 15.9 Å². The van der Waals surface area contributed by atoms with Gasteiger partial charge in [-0.2, -0.15) is 0 Å². The summed E-state index contributed by atoms with van der Waals surface area (Å²) in [6, 6.07) is 6.06. The number of hydrogen-bond donors (Lipinski definition) is 0. The molecule has 0 bridgehead atoms. The first kappa shape index (κ1) is 11.9. The molecule has 5 heteroatoms. The smallest absolute Gasteiger partial charge is 0.185 e. The Bertz CT molecular complexity index is 545. The van der Waals surface area contributed by atoms with Crippen molar-refractivity contribution in [2.75, 3.05) is 0 Å². The van der Waals surface area contributed by atoms with Gasteiger partial charge in [0.2, 0.25) is 0 Å². The van der Waals surface area contributed by atoms with Crippen LogP contribution in [-0.4, -0.2) is 15.8 Å². The van der Waals surface area contributed by atoms with E-state index < -0.39 is 0 Å². The third-order valence-electron chi connectivity index (χ3n) is 2.22. The van der Waals surface area contributed by atoms with Gasteiger partial charge in [0.05, 0.1) is 4.47 Å². The first-order chi connectivity index (χ1) is 8.16. The number of benzene rings is 1. The Hall–Kier alpha value is -1.62. The summed E-state index contributed by atoms with van der Waals surface area (Å²) in [5.74, 6) is -0.464. The molecular formula is C12H8BrFN2O. The van der Waals surface area contributed by atoms with Crippen LogP contribution in [0.5, 0.6) is 0 Å². The monoisotopic (exact) mass is 294 g/mol. The van der Waals surface area contributed by atoms with Gasteiger partial charge in [-0.25, -0.2) is 14.4 Å². The zero-order chi connectivity index (χ0) is 12.3. The quantitative estimate of drug-likeness (QED) is 0.818. The molecule has 0 spiro atoms. The van der Waals surface area contributed by atoms with Gasteiger partial charge in [0.25, 0.3) is 0 Å². The normalized spacial score (nSPS) is 10.2. The fourth-order valence-corrected chi connectivity index (χ4v) is 1.81. The second-order valence-electron chi connectivity index (χ2n) is 3.44. The summed E-state index contributed by atoms with van der Waals surface area (Å²) < 4.78 is 13.4. The van der Waals surface area contributed by atoms with Gasteiger partial charge in [-0.05, 0) is 39.7 Å². The highest BCUT2D eigenvalue weighted by molar-refractivity contribution is 9.10. The minimum absolute atomic E-state index is 0.120. The van der Waals surface area contributed by atoms with Crippen molar-refractivity contribution in [3.8, 4) is 0 Å². The fourth-order valence-electron chi connectivity index (χ4n) is 1.38. The molecule has 17 heavy (non-hydrogen) atoms. The average Bonchev–Trinajstić information content (AvgIpc) is 2.35. The lowest BCUT2D eigenvalue weighted by Crippen LogP contribution is -2.06. The second kappa shape index (κ2) is 5.14. The van der Waals surface area contributed by atoms with Crippen LogP contribution in [0.2, 0.25) is 0 Å². The zero-order valence-corrected chi connectivity index (χ0v) is 10.3. The highest BCUT2D eigenvalue weighted by atomic mass is 79.9. The Morgan fingerprint density at radius 2 is 2.18 bits per heavy atom. The van der Waals surface area contributed by atoms with Crippen LogP contribution in [0, 0.1) is 5.82 Å². The Kier molecular flexibility index (Phi) is 3.58. The van der Waals surface area contributed by atoms with E-state index in [1.54, 1.807) is 18.2 Å². The van der Waals surface area contributed by atoms with Crippen LogP contribution in [0.3, 0.4) is 0 Å². The third kappa shape index (κ3) is 2.94. The standard InChI is InChI=1S/C12H8BrFN2O/c13-9-5-8(1-2-10(9)14)6-12(17)11-3-4-15-7-16-11/h1-5,7H,6H2. The van der Waals surface area contributed by atoms with Gasteiger partial charge >= 0.3 is 0 Å². The molecule has 3 nitrogen and oxygen atoms in total. The Morgan fingerprint density at radius 1 is 1.35 bits per heavy atom. The molecule has 0 radical (unpaired) electrons. The zero-order valence-electron chi connectivity index (χ0n) is 8.73. The number of carbonyl (C=O) groups is 1. The van der Waals surface area contributed by atoms with Crippen molar-refractivity contribution in [1.82, 2.24) is 9.97 Å².